The van der Waals surface area contributed by atoms with E-state index in [1.165, 1.54) is 54.9 Å². The lowest BCUT2D eigenvalue weighted by Crippen LogP contribution is -2.25. The zero-order valence-electron chi connectivity index (χ0n) is 12.4. The Balaban J connectivity index is 1.89. The molecule has 1 unspecified atom stereocenters. The first-order valence-electron chi connectivity index (χ1n) is 8.04. The lowest BCUT2D eigenvalue weighted by atomic mass is 9.86. The van der Waals surface area contributed by atoms with Crippen LogP contribution in [-0.2, 0) is 0 Å². The molecule has 1 heteroatoms. The second kappa shape index (κ2) is 6.41. The molecule has 1 aliphatic carbocycles. The summed E-state index contributed by atoms with van der Waals surface area (Å²) in [6.07, 6.45) is 8.39. The summed E-state index contributed by atoms with van der Waals surface area (Å²) in [6, 6.07) is 16.1. The highest BCUT2D eigenvalue weighted by atomic mass is 14.9. The topological polar surface area (TPSA) is 12.0 Å². The van der Waals surface area contributed by atoms with Crippen molar-refractivity contribution < 1.29 is 0 Å². The summed E-state index contributed by atoms with van der Waals surface area (Å²) in [6.45, 7) is 0. The standard InChI is InChI=1S/C19H25N/c1-20-19(16-9-4-2-3-5-10-16)18-13-12-15-8-6-7-11-17(15)14-18/h6-8,11-14,16,19-20H,2-5,9-10H2,1H3. The molecule has 1 nitrogen and oxygen atoms in total. The molecule has 0 aliphatic heterocycles. The fourth-order valence-electron chi connectivity index (χ4n) is 3.72. The summed E-state index contributed by atoms with van der Waals surface area (Å²) in [5, 5.41) is 6.28. The molecule has 20 heavy (non-hydrogen) atoms. The summed E-state index contributed by atoms with van der Waals surface area (Å²) in [5.74, 6) is 0.795. The van der Waals surface area contributed by atoms with Gasteiger partial charge in [-0.15, -0.1) is 0 Å². The molecule has 3 rings (SSSR count). The molecule has 106 valence electrons. The first-order valence-corrected chi connectivity index (χ1v) is 8.04. The number of hydrogen-bond donors (Lipinski definition) is 1. The van der Waals surface area contributed by atoms with Gasteiger partial charge in [0.25, 0.3) is 0 Å². The highest BCUT2D eigenvalue weighted by molar-refractivity contribution is 5.83. The molecule has 1 atom stereocenters. The van der Waals surface area contributed by atoms with Crippen molar-refractivity contribution >= 4 is 10.8 Å². The van der Waals surface area contributed by atoms with Gasteiger partial charge in [0.1, 0.15) is 0 Å². The van der Waals surface area contributed by atoms with Crippen LogP contribution in [0.15, 0.2) is 42.5 Å². The third-order valence-electron chi connectivity index (χ3n) is 4.81. The Morgan fingerprint density at radius 2 is 1.60 bits per heavy atom. The van der Waals surface area contributed by atoms with Crippen LogP contribution in [0.4, 0.5) is 0 Å². The molecule has 1 N–H and O–H groups in total. The lowest BCUT2D eigenvalue weighted by Gasteiger charge is -2.26. The number of fused-ring (bicyclic) bond motifs is 1. The normalized spacial score (nSPS) is 18.9. The van der Waals surface area contributed by atoms with E-state index < -0.39 is 0 Å². The van der Waals surface area contributed by atoms with Gasteiger partial charge in [-0.25, -0.2) is 0 Å². The van der Waals surface area contributed by atoms with E-state index in [4.69, 9.17) is 0 Å². The Hall–Kier alpha value is -1.34. The van der Waals surface area contributed by atoms with Gasteiger partial charge in [0, 0.05) is 6.04 Å². The molecule has 0 heterocycles. The highest BCUT2D eigenvalue weighted by Crippen LogP contribution is 2.34. The fourth-order valence-corrected chi connectivity index (χ4v) is 3.72. The van der Waals surface area contributed by atoms with Crippen LogP contribution in [0.3, 0.4) is 0 Å². The van der Waals surface area contributed by atoms with Crippen LogP contribution in [-0.4, -0.2) is 7.05 Å². The van der Waals surface area contributed by atoms with E-state index in [-0.39, 0.29) is 0 Å². The molecule has 1 fully saturated rings. The van der Waals surface area contributed by atoms with E-state index in [0.29, 0.717) is 6.04 Å². The zero-order valence-corrected chi connectivity index (χ0v) is 12.4. The number of hydrogen-bond acceptors (Lipinski definition) is 1. The minimum absolute atomic E-state index is 0.512. The average Bonchev–Trinajstić information content (AvgIpc) is 2.77. The van der Waals surface area contributed by atoms with Gasteiger partial charge in [-0.2, -0.15) is 0 Å². The van der Waals surface area contributed by atoms with Gasteiger partial charge in [0.05, 0.1) is 0 Å². The monoisotopic (exact) mass is 267 g/mol. The predicted octanol–water partition coefficient (Wildman–Crippen LogP) is 5.07. The van der Waals surface area contributed by atoms with E-state index in [1.54, 1.807) is 0 Å². The van der Waals surface area contributed by atoms with Gasteiger partial charge >= 0.3 is 0 Å². The summed E-state index contributed by atoms with van der Waals surface area (Å²) < 4.78 is 0. The molecule has 0 radical (unpaired) electrons. The quantitative estimate of drug-likeness (QED) is 0.765. The third kappa shape index (κ3) is 2.88. The molecule has 2 aromatic carbocycles. The molecular formula is C19H25N. The van der Waals surface area contributed by atoms with E-state index in [9.17, 15) is 0 Å². The average molecular weight is 267 g/mol. The summed E-state index contributed by atoms with van der Waals surface area (Å²) in [7, 11) is 2.12. The molecule has 1 saturated carbocycles. The van der Waals surface area contributed by atoms with Gasteiger partial charge in [-0.1, -0.05) is 62.1 Å². The minimum Gasteiger partial charge on any atom is -0.313 e. The summed E-state index contributed by atoms with van der Waals surface area (Å²) in [4.78, 5) is 0. The summed E-state index contributed by atoms with van der Waals surface area (Å²) in [5.41, 5.74) is 1.46. The van der Waals surface area contributed by atoms with E-state index >= 15 is 0 Å². The van der Waals surface area contributed by atoms with Crippen LogP contribution in [0, 0.1) is 5.92 Å². The van der Waals surface area contributed by atoms with Crippen LogP contribution < -0.4 is 5.32 Å². The number of rotatable bonds is 3. The lowest BCUT2D eigenvalue weighted by molar-refractivity contribution is 0.342. The Labute approximate surface area is 122 Å². The number of benzene rings is 2. The Kier molecular flexibility index (Phi) is 4.37. The van der Waals surface area contributed by atoms with Crippen molar-refractivity contribution in [2.75, 3.05) is 7.05 Å². The highest BCUT2D eigenvalue weighted by Gasteiger charge is 2.22. The molecule has 0 bridgehead atoms. The largest absolute Gasteiger partial charge is 0.313 e. The number of nitrogens with one attached hydrogen (secondary N) is 1. The predicted molar refractivity (Wildman–Crippen MR) is 86.9 cm³/mol. The SMILES string of the molecule is CNC(c1ccc2ccccc2c1)C1CCCCCC1. The van der Waals surface area contributed by atoms with Crippen molar-refractivity contribution in [1.29, 1.82) is 0 Å². The van der Waals surface area contributed by atoms with Crippen LogP contribution in [0.1, 0.15) is 50.1 Å². The summed E-state index contributed by atoms with van der Waals surface area (Å²) >= 11 is 0. The maximum Gasteiger partial charge on any atom is 0.0346 e. The van der Waals surface area contributed by atoms with Gasteiger partial charge in [0.2, 0.25) is 0 Å². The van der Waals surface area contributed by atoms with Crippen molar-refractivity contribution in [2.45, 2.75) is 44.6 Å². The van der Waals surface area contributed by atoms with E-state index in [0.717, 1.165) is 5.92 Å². The molecule has 0 spiro atoms. The maximum absolute atomic E-state index is 3.58. The van der Waals surface area contributed by atoms with Crippen molar-refractivity contribution in [3.05, 3.63) is 48.0 Å². The van der Waals surface area contributed by atoms with Crippen LogP contribution in [0.25, 0.3) is 10.8 Å². The fraction of sp³-hybridized carbons (Fsp3) is 0.474. The maximum atomic E-state index is 3.58. The van der Waals surface area contributed by atoms with Gasteiger partial charge in [0.15, 0.2) is 0 Å². The molecule has 1 aliphatic rings. The first-order chi connectivity index (χ1) is 9.88. The van der Waals surface area contributed by atoms with E-state index in [1.807, 2.05) is 0 Å². The molecule has 0 amide bonds. The second-order valence-electron chi connectivity index (χ2n) is 6.12. The molecule has 2 aromatic rings. The Morgan fingerprint density at radius 1 is 0.900 bits per heavy atom. The van der Waals surface area contributed by atoms with Crippen molar-refractivity contribution in [1.82, 2.24) is 5.32 Å². The van der Waals surface area contributed by atoms with Gasteiger partial charge in [-0.05, 0) is 48.2 Å². The minimum atomic E-state index is 0.512. The van der Waals surface area contributed by atoms with Crippen molar-refractivity contribution in [3.63, 3.8) is 0 Å². The van der Waals surface area contributed by atoms with Crippen molar-refractivity contribution in [2.24, 2.45) is 5.92 Å². The van der Waals surface area contributed by atoms with E-state index in [2.05, 4.69) is 54.8 Å². The van der Waals surface area contributed by atoms with Crippen LogP contribution >= 0.6 is 0 Å². The smallest absolute Gasteiger partial charge is 0.0346 e. The first kappa shape index (κ1) is 13.6. The second-order valence-corrected chi connectivity index (χ2v) is 6.12. The molecular weight excluding hydrogens is 242 g/mol. The van der Waals surface area contributed by atoms with Crippen molar-refractivity contribution in [3.8, 4) is 0 Å². The Bertz CT molecular complexity index is 552. The van der Waals surface area contributed by atoms with Crippen LogP contribution in [0.2, 0.25) is 0 Å². The van der Waals surface area contributed by atoms with Gasteiger partial charge < -0.3 is 5.32 Å². The molecule has 0 saturated heterocycles. The Morgan fingerprint density at radius 3 is 2.30 bits per heavy atom. The molecule has 0 aromatic heterocycles. The third-order valence-corrected chi connectivity index (χ3v) is 4.81. The zero-order chi connectivity index (χ0) is 13.8. The van der Waals surface area contributed by atoms with Crippen LogP contribution in [0.5, 0.6) is 0 Å². The van der Waals surface area contributed by atoms with Gasteiger partial charge in [-0.3, -0.25) is 0 Å².